The van der Waals surface area contributed by atoms with Gasteiger partial charge in [-0.1, -0.05) is 41.6 Å². The fraction of sp³-hybridized carbons (Fsp3) is 0.0625. The zero-order valence-corrected chi connectivity index (χ0v) is 14.0. The minimum atomic E-state index is -0.138. The Morgan fingerprint density at radius 2 is 1.95 bits per heavy atom. The predicted octanol–water partition coefficient (Wildman–Crippen LogP) is 4.45. The van der Waals surface area contributed by atoms with E-state index in [2.05, 4.69) is 4.98 Å². The number of pyridine rings is 1. The highest BCUT2D eigenvalue weighted by molar-refractivity contribution is 8.27. The number of aromatic nitrogens is 1. The van der Waals surface area contributed by atoms with Gasteiger partial charge in [0.2, 0.25) is 0 Å². The highest BCUT2D eigenvalue weighted by atomic mass is 35.5. The second kappa shape index (κ2) is 6.20. The topological polar surface area (TPSA) is 33.2 Å². The summed E-state index contributed by atoms with van der Waals surface area (Å²) in [5, 5.41) is 0.619. The summed E-state index contributed by atoms with van der Waals surface area (Å²) in [6.07, 6.45) is 1.77. The fourth-order valence-corrected chi connectivity index (χ4v) is 3.47. The third kappa shape index (κ3) is 3.06. The van der Waals surface area contributed by atoms with Crippen molar-refractivity contribution in [2.24, 2.45) is 0 Å². The number of amides is 1. The molecule has 22 heavy (non-hydrogen) atoms. The third-order valence-corrected chi connectivity index (χ3v) is 4.62. The molecule has 1 saturated heterocycles. The van der Waals surface area contributed by atoms with E-state index in [0.717, 1.165) is 11.4 Å². The molecule has 2 heterocycles. The number of aryl methyl sites for hydroxylation is 1. The number of hydrogen-bond acceptors (Lipinski definition) is 4. The van der Waals surface area contributed by atoms with Crippen molar-refractivity contribution in [3.05, 3.63) is 63.8 Å². The number of benzene rings is 1. The van der Waals surface area contributed by atoms with Crippen molar-refractivity contribution in [3.63, 3.8) is 0 Å². The lowest BCUT2D eigenvalue weighted by molar-refractivity contribution is -0.113. The molecule has 0 saturated carbocycles. The Kier molecular flexibility index (Phi) is 4.29. The van der Waals surface area contributed by atoms with Crippen molar-refractivity contribution in [2.45, 2.75) is 6.92 Å². The zero-order chi connectivity index (χ0) is 15.7. The van der Waals surface area contributed by atoms with Crippen molar-refractivity contribution in [1.29, 1.82) is 0 Å². The van der Waals surface area contributed by atoms with Crippen LogP contribution in [-0.4, -0.2) is 15.2 Å². The first-order valence-electron chi connectivity index (χ1n) is 6.52. The Morgan fingerprint density at radius 3 is 2.64 bits per heavy atom. The lowest BCUT2D eigenvalue weighted by atomic mass is 10.2. The summed E-state index contributed by atoms with van der Waals surface area (Å²) in [5.41, 5.74) is 2.37. The first-order chi connectivity index (χ1) is 10.5. The van der Waals surface area contributed by atoms with E-state index in [1.165, 1.54) is 16.7 Å². The Labute approximate surface area is 143 Å². The molecule has 6 heteroatoms. The van der Waals surface area contributed by atoms with Gasteiger partial charge in [-0.05, 0) is 49.4 Å². The van der Waals surface area contributed by atoms with Gasteiger partial charge in [-0.25, -0.2) is 0 Å². The third-order valence-electron chi connectivity index (χ3n) is 3.07. The van der Waals surface area contributed by atoms with E-state index in [9.17, 15) is 4.79 Å². The quantitative estimate of drug-likeness (QED) is 0.594. The predicted molar refractivity (Wildman–Crippen MR) is 96.1 cm³/mol. The molecule has 0 bridgehead atoms. The molecule has 1 aliphatic heterocycles. The van der Waals surface area contributed by atoms with E-state index >= 15 is 0 Å². The molecule has 3 rings (SSSR count). The Balaban J connectivity index is 1.93. The Hall–Kier alpha value is -1.69. The molecule has 110 valence electrons. The van der Waals surface area contributed by atoms with Gasteiger partial charge in [-0.2, -0.15) is 0 Å². The van der Waals surface area contributed by atoms with E-state index in [1.807, 2.05) is 25.1 Å². The number of thiocarbonyl (C=S) groups is 1. The zero-order valence-electron chi connectivity index (χ0n) is 11.6. The largest absolute Gasteiger partial charge is 0.270 e. The van der Waals surface area contributed by atoms with Crippen LogP contribution in [0.4, 0.5) is 5.69 Å². The molecule has 1 fully saturated rings. The molecule has 1 aromatic carbocycles. The number of nitrogens with zero attached hydrogens (tertiary/aromatic N) is 2. The maximum Gasteiger partial charge on any atom is 0.270 e. The minimum absolute atomic E-state index is 0.138. The number of anilines is 1. The summed E-state index contributed by atoms with van der Waals surface area (Å²) in [4.78, 5) is 19.0. The van der Waals surface area contributed by atoms with Gasteiger partial charge >= 0.3 is 0 Å². The number of rotatable bonds is 2. The molecule has 0 unspecified atom stereocenters. The maximum absolute atomic E-state index is 12.6. The van der Waals surface area contributed by atoms with E-state index < -0.39 is 0 Å². The van der Waals surface area contributed by atoms with Gasteiger partial charge in [0.25, 0.3) is 5.91 Å². The van der Waals surface area contributed by atoms with Gasteiger partial charge in [-0.3, -0.25) is 14.7 Å². The van der Waals surface area contributed by atoms with Gasteiger partial charge in [0.05, 0.1) is 16.3 Å². The second-order valence-corrected chi connectivity index (χ2v) is 6.81. The molecular formula is C16H11ClN2OS2. The molecular weight excluding hydrogens is 336 g/mol. The molecule has 0 radical (unpaired) electrons. The summed E-state index contributed by atoms with van der Waals surface area (Å²) in [6.45, 7) is 1.91. The van der Waals surface area contributed by atoms with E-state index in [1.54, 1.807) is 30.3 Å². The summed E-state index contributed by atoms with van der Waals surface area (Å²) in [6, 6.07) is 12.7. The van der Waals surface area contributed by atoms with Crippen LogP contribution in [0.3, 0.4) is 0 Å². The van der Waals surface area contributed by atoms with E-state index in [0.29, 0.717) is 19.9 Å². The van der Waals surface area contributed by atoms with Gasteiger partial charge in [0.1, 0.15) is 0 Å². The average molecular weight is 347 g/mol. The van der Waals surface area contributed by atoms with Crippen molar-refractivity contribution in [2.75, 3.05) is 4.90 Å². The molecule has 0 N–H and O–H groups in total. The van der Waals surface area contributed by atoms with Crippen molar-refractivity contribution in [3.8, 4) is 0 Å². The number of carbonyl (C=O) groups excluding carboxylic acids is 1. The first-order valence-corrected chi connectivity index (χ1v) is 8.12. The van der Waals surface area contributed by atoms with Gasteiger partial charge < -0.3 is 0 Å². The van der Waals surface area contributed by atoms with Crippen molar-refractivity contribution in [1.82, 2.24) is 4.98 Å². The molecule has 0 aliphatic carbocycles. The highest BCUT2D eigenvalue weighted by Crippen LogP contribution is 2.36. The summed E-state index contributed by atoms with van der Waals surface area (Å²) in [7, 11) is 0. The van der Waals surface area contributed by atoms with Crippen LogP contribution in [0.25, 0.3) is 6.08 Å². The van der Waals surface area contributed by atoms with Gasteiger partial charge in [0, 0.05) is 10.7 Å². The Bertz CT molecular complexity index is 787. The fourth-order valence-electron chi connectivity index (χ4n) is 2.06. The van der Waals surface area contributed by atoms with Crippen molar-refractivity contribution >= 4 is 57.6 Å². The molecule has 1 aromatic heterocycles. The van der Waals surface area contributed by atoms with E-state index in [-0.39, 0.29) is 5.91 Å². The maximum atomic E-state index is 12.6. The van der Waals surface area contributed by atoms with Crippen LogP contribution in [0.2, 0.25) is 5.02 Å². The van der Waals surface area contributed by atoms with Crippen LogP contribution >= 0.6 is 35.6 Å². The SMILES string of the molecule is Cc1cccc(/C=C2\SC(=S)N(c3ccc(Cl)cc3)C2=O)n1. The molecule has 0 spiro atoms. The minimum Gasteiger partial charge on any atom is -0.268 e. The van der Waals surface area contributed by atoms with Crippen LogP contribution in [0.1, 0.15) is 11.4 Å². The van der Waals surface area contributed by atoms with Gasteiger partial charge in [-0.15, -0.1) is 0 Å². The van der Waals surface area contributed by atoms with Crippen LogP contribution in [0, 0.1) is 6.92 Å². The molecule has 3 nitrogen and oxygen atoms in total. The highest BCUT2D eigenvalue weighted by Gasteiger charge is 2.33. The van der Waals surface area contributed by atoms with Crippen molar-refractivity contribution < 1.29 is 4.79 Å². The standard InChI is InChI=1S/C16H11ClN2OS2/c1-10-3-2-4-12(18-10)9-14-15(20)19(16(21)22-14)13-7-5-11(17)6-8-13/h2-9H,1H3/b14-9-. The molecule has 1 amide bonds. The summed E-state index contributed by atoms with van der Waals surface area (Å²) >= 11 is 12.5. The Morgan fingerprint density at radius 1 is 1.23 bits per heavy atom. The molecule has 1 aliphatic rings. The first kappa shape index (κ1) is 15.2. The summed E-state index contributed by atoms with van der Waals surface area (Å²) < 4.78 is 0.506. The van der Waals surface area contributed by atoms with E-state index in [4.69, 9.17) is 23.8 Å². The molecule has 0 atom stereocenters. The average Bonchev–Trinajstić information content (AvgIpc) is 2.75. The second-order valence-electron chi connectivity index (χ2n) is 4.70. The number of halogens is 1. The van der Waals surface area contributed by atoms with Crippen LogP contribution in [0.15, 0.2) is 47.4 Å². The van der Waals surface area contributed by atoms with Crippen LogP contribution < -0.4 is 4.90 Å². The number of hydrogen-bond donors (Lipinski definition) is 0. The number of carbonyl (C=O) groups is 1. The normalized spacial score (nSPS) is 16.6. The van der Waals surface area contributed by atoms with Gasteiger partial charge in [0.15, 0.2) is 4.32 Å². The lowest BCUT2D eigenvalue weighted by Gasteiger charge is -2.14. The van der Waals surface area contributed by atoms with Crippen LogP contribution in [-0.2, 0) is 4.79 Å². The smallest absolute Gasteiger partial charge is 0.268 e. The lowest BCUT2D eigenvalue weighted by Crippen LogP contribution is -2.27. The molecule has 2 aromatic rings. The van der Waals surface area contributed by atoms with Crippen LogP contribution in [0.5, 0.6) is 0 Å². The number of thioether (sulfide) groups is 1. The monoisotopic (exact) mass is 346 g/mol. The summed E-state index contributed by atoms with van der Waals surface area (Å²) in [5.74, 6) is -0.138.